The number of aryl methyl sites for hydroxylation is 1. The predicted molar refractivity (Wildman–Crippen MR) is 142 cm³/mol. The molecule has 13 heteroatoms. The van der Waals surface area contributed by atoms with Crippen LogP contribution in [0.4, 0.5) is 24.8 Å². The van der Waals surface area contributed by atoms with E-state index in [0.717, 1.165) is 28.3 Å². The van der Waals surface area contributed by atoms with Crippen LogP contribution in [0.1, 0.15) is 52.4 Å². The maximum atomic E-state index is 13.0. The van der Waals surface area contributed by atoms with E-state index >= 15 is 0 Å². The highest BCUT2D eigenvalue weighted by atomic mass is 32.1. The molecule has 1 amide bonds. The summed E-state index contributed by atoms with van der Waals surface area (Å²) in [5, 5.41) is 27.2. The summed E-state index contributed by atoms with van der Waals surface area (Å²) >= 11 is 1.34. The Morgan fingerprint density at radius 3 is 2.60 bits per heavy atom. The lowest BCUT2D eigenvalue weighted by Crippen LogP contribution is -2.42. The third-order valence-electron chi connectivity index (χ3n) is 6.58. The number of carbonyl (C=O) groups is 1. The van der Waals surface area contributed by atoms with Gasteiger partial charge in [0, 0.05) is 30.2 Å². The number of aromatic nitrogens is 4. The molecule has 40 heavy (non-hydrogen) atoms. The second-order valence-electron chi connectivity index (χ2n) is 9.67. The molecular weight excluding hydrogens is 545 g/mol. The van der Waals surface area contributed by atoms with Gasteiger partial charge in [-0.3, -0.25) is 4.79 Å². The summed E-state index contributed by atoms with van der Waals surface area (Å²) in [5.74, 6) is -0.789. The summed E-state index contributed by atoms with van der Waals surface area (Å²) in [6, 6.07) is 10.6. The lowest BCUT2D eigenvalue weighted by atomic mass is 9.82. The molecule has 1 aliphatic rings. The first-order valence-electron chi connectivity index (χ1n) is 12.4. The number of pyridine rings is 1. The van der Waals surface area contributed by atoms with Crippen LogP contribution < -0.4 is 10.6 Å². The molecule has 0 aliphatic heterocycles. The minimum absolute atomic E-state index is 0.122. The number of rotatable bonds is 6. The Balaban J connectivity index is 1.26. The molecule has 0 spiro atoms. The second-order valence-corrected chi connectivity index (χ2v) is 10.7. The van der Waals surface area contributed by atoms with Crippen molar-refractivity contribution in [2.75, 3.05) is 5.32 Å². The maximum Gasteiger partial charge on any atom is 0.433 e. The summed E-state index contributed by atoms with van der Waals surface area (Å²) < 4.78 is 39.1. The molecule has 0 radical (unpaired) electrons. The number of nitrogens with zero attached hydrogens (tertiary/aromatic N) is 4. The summed E-state index contributed by atoms with van der Waals surface area (Å²) in [6.45, 7) is 1.86. The van der Waals surface area contributed by atoms with Gasteiger partial charge < -0.3 is 20.8 Å². The van der Waals surface area contributed by atoms with Crippen molar-refractivity contribution >= 4 is 28.9 Å². The first-order valence-corrected chi connectivity index (χ1v) is 13.3. The molecule has 3 heterocycles. The number of hydrogen-bond donors (Lipinski definition) is 4. The minimum atomic E-state index is -4.58. The van der Waals surface area contributed by atoms with Crippen molar-refractivity contribution in [2.24, 2.45) is 0 Å². The molecule has 4 N–H and O–H groups in total. The summed E-state index contributed by atoms with van der Waals surface area (Å²) in [5.41, 5.74) is 0.0880. The Bertz CT molecular complexity index is 1540. The van der Waals surface area contributed by atoms with Crippen LogP contribution >= 0.6 is 11.3 Å². The summed E-state index contributed by atoms with van der Waals surface area (Å²) in [6.07, 6.45) is -0.00770. The van der Waals surface area contributed by atoms with Gasteiger partial charge in [0.2, 0.25) is 11.8 Å². The lowest BCUT2D eigenvalue weighted by molar-refractivity contribution is -0.141. The Hall–Kier alpha value is -4.10. The van der Waals surface area contributed by atoms with Gasteiger partial charge in [-0.25, -0.2) is 19.9 Å². The van der Waals surface area contributed by atoms with Gasteiger partial charge in [0.25, 0.3) is 5.91 Å². The number of halogens is 3. The maximum absolute atomic E-state index is 13.0. The highest BCUT2D eigenvalue weighted by molar-refractivity contribution is 7.15. The topological polar surface area (TPSA) is 133 Å². The van der Waals surface area contributed by atoms with Crippen LogP contribution in [0.3, 0.4) is 0 Å². The first-order chi connectivity index (χ1) is 19.0. The Kier molecular flexibility index (Phi) is 7.43. The molecule has 9 nitrogen and oxygen atoms in total. The van der Waals surface area contributed by atoms with Crippen LogP contribution in [0.25, 0.3) is 10.4 Å². The second kappa shape index (κ2) is 10.8. The average molecular weight is 571 g/mol. The van der Waals surface area contributed by atoms with Gasteiger partial charge in [-0.1, -0.05) is 12.1 Å². The predicted octanol–water partition coefficient (Wildman–Crippen LogP) is 5.33. The summed E-state index contributed by atoms with van der Waals surface area (Å²) in [7, 11) is 0. The van der Waals surface area contributed by atoms with Crippen molar-refractivity contribution in [3.05, 3.63) is 76.8 Å². The van der Waals surface area contributed by atoms with Gasteiger partial charge in [0.15, 0.2) is 0 Å². The van der Waals surface area contributed by atoms with E-state index in [2.05, 4.69) is 30.6 Å². The van der Waals surface area contributed by atoms with Gasteiger partial charge in [0.1, 0.15) is 22.0 Å². The fraction of sp³-hybridized carbons (Fsp3) is 0.296. The molecule has 1 aliphatic carbocycles. The van der Waals surface area contributed by atoms with Gasteiger partial charge in [-0.05, 0) is 68.0 Å². The van der Waals surface area contributed by atoms with E-state index in [4.69, 9.17) is 0 Å². The molecule has 5 rings (SSSR count). The quantitative estimate of drug-likeness (QED) is 0.245. The molecule has 0 bridgehead atoms. The number of thiazole rings is 1. The number of alkyl halides is 3. The minimum Gasteiger partial charge on any atom is -0.493 e. The highest BCUT2D eigenvalue weighted by Gasteiger charge is 2.38. The van der Waals surface area contributed by atoms with E-state index in [1.54, 1.807) is 24.4 Å². The van der Waals surface area contributed by atoms with Crippen molar-refractivity contribution in [3.63, 3.8) is 0 Å². The van der Waals surface area contributed by atoms with E-state index in [1.807, 2.05) is 13.0 Å². The molecule has 0 saturated heterocycles. The van der Waals surface area contributed by atoms with Crippen LogP contribution in [0.5, 0.6) is 5.88 Å². The van der Waals surface area contributed by atoms with Crippen LogP contribution in [-0.4, -0.2) is 42.1 Å². The number of nitrogens with one attached hydrogen (secondary N) is 2. The highest BCUT2D eigenvalue weighted by Crippen LogP contribution is 2.41. The van der Waals surface area contributed by atoms with Crippen molar-refractivity contribution in [1.82, 2.24) is 25.3 Å². The fourth-order valence-electron chi connectivity index (χ4n) is 4.59. The molecule has 0 unspecified atom stereocenters. The molecule has 1 saturated carbocycles. The first kappa shape index (κ1) is 27.5. The number of amides is 1. The number of anilines is 2. The number of aliphatic hydroxyl groups is 1. The molecule has 1 aromatic carbocycles. The third-order valence-corrected chi connectivity index (χ3v) is 7.82. The number of aromatic hydroxyl groups is 1. The van der Waals surface area contributed by atoms with E-state index in [0.29, 0.717) is 36.4 Å². The smallest absolute Gasteiger partial charge is 0.433 e. The monoisotopic (exact) mass is 570 g/mol. The van der Waals surface area contributed by atoms with Crippen molar-refractivity contribution < 1.29 is 28.2 Å². The Morgan fingerprint density at radius 1 is 1.10 bits per heavy atom. The molecule has 208 valence electrons. The van der Waals surface area contributed by atoms with E-state index in [1.165, 1.54) is 23.5 Å². The SMILES string of the molecule is Cc1cc(Nc2nccc(C(F)(F)F)n2)cc(-c2cnc([C@]3(O)CC[C@H](NC(=O)c4cccc(O)n4)CC3)s2)c1. The molecule has 0 atom stereocenters. The largest absolute Gasteiger partial charge is 0.493 e. The normalized spacial score (nSPS) is 19.3. The number of carbonyl (C=O) groups excluding carboxylic acids is 1. The molecule has 3 aromatic heterocycles. The molecule has 1 fully saturated rings. The van der Waals surface area contributed by atoms with Crippen molar-refractivity contribution in [1.29, 1.82) is 0 Å². The van der Waals surface area contributed by atoms with E-state index < -0.39 is 17.5 Å². The van der Waals surface area contributed by atoms with Crippen LogP contribution in [-0.2, 0) is 11.8 Å². The lowest BCUT2D eigenvalue weighted by Gasteiger charge is -2.34. The Labute approximate surface area is 231 Å². The molecular formula is C27H25F3N6O3S. The molecule has 4 aromatic rings. The number of hydrogen-bond acceptors (Lipinski definition) is 9. The van der Waals surface area contributed by atoms with Crippen molar-refractivity contribution in [2.45, 2.75) is 50.4 Å². The standard InChI is InChI=1S/C27H25F3N6O3S/c1-15-11-16(13-18(12-15)34-25-31-10-7-21(36-25)27(28,29)30)20-14-32-24(40-20)26(39)8-5-17(6-9-26)33-23(38)19-3-2-4-22(37)35-19/h2-4,7,10-14,17,39H,5-6,8-9H2,1H3,(H,33,38)(H,35,37)(H,31,34,36)/t17-,26-. The fourth-order valence-corrected chi connectivity index (χ4v) is 5.64. The average Bonchev–Trinajstić information content (AvgIpc) is 3.41. The van der Waals surface area contributed by atoms with Gasteiger partial charge >= 0.3 is 6.18 Å². The van der Waals surface area contributed by atoms with Gasteiger partial charge in [-0.2, -0.15) is 13.2 Å². The zero-order valence-corrected chi connectivity index (χ0v) is 22.1. The van der Waals surface area contributed by atoms with Gasteiger partial charge in [-0.15, -0.1) is 11.3 Å². The van der Waals surface area contributed by atoms with Crippen LogP contribution in [0, 0.1) is 6.92 Å². The summed E-state index contributed by atoms with van der Waals surface area (Å²) in [4.78, 5) is 29.0. The number of benzene rings is 1. The van der Waals surface area contributed by atoms with Crippen LogP contribution in [0.2, 0.25) is 0 Å². The van der Waals surface area contributed by atoms with E-state index in [-0.39, 0.29) is 29.5 Å². The van der Waals surface area contributed by atoms with E-state index in [9.17, 15) is 28.2 Å². The third kappa shape index (κ3) is 6.20. The zero-order valence-electron chi connectivity index (χ0n) is 21.2. The van der Waals surface area contributed by atoms with Gasteiger partial charge in [0.05, 0.1) is 4.88 Å². The van der Waals surface area contributed by atoms with Crippen molar-refractivity contribution in [3.8, 4) is 16.3 Å². The zero-order chi connectivity index (χ0) is 28.5. The van der Waals surface area contributed by atoms with Crippen LogP contribution in [0.15, 0.2) is 54.9 Å². The Morgan fingerprint density at radius 2 is 1.88 bits per heavy atom.